The van der Waals surface area contributed by atoms with Gasteiger partial charge in [0.25, 0.3) is 0 Å². The zero-order chi connectivity index (χ0) is 48.9. The first-order valence-corrected chi connectivity index (χ1v) is 25.9. The maximum Gasteiger partial charge on any atom is 0.159 e. The zero-order valence-corrected chi connectivity index (χ0v) is 41.3. The van der Waals surface area contributed by atoms with E-state index in [9.17, 15) is 0 Å². The third-order valence-electron chi connectivity index (χ3n) is 17.5. The molecule has 2 aromatic heterocycles. The molecule has 13 aromatic carbocycles. The number of benzene rings is 13. The van der Waals surface area contributed by atoms with Crippen molar-refractivity contribution in [1.82, 2.24) is 0 Å². The molecular formula is C70H46N2O2. The van der Waals surface area contributed by atoms with E-state index >= 15 is 0 Å². The van der Waals surface area contributed by atoms with E-state index in [0.29, 0.717) is 0 Å². The number of hydrogen-bond acceptors (Lipinski definition) is 4. The van der Waals surface area contributed by atoms with E-state index in [0.717, 1.165) is 77.4 Å². The average Bonchev–Trinajstić information content (AvgIpc) is 4.04. The zero-order valence-electron chi connectivity index (χ0n) is 41.3. The Labute approximate surface area is 426 Å². The highest BCUT2D eigenvalue weighted by molar-refractivity contribution is 6.36. The molecule has 0 saturated carbocycles. The van der Waals surface area contributed by atoms with Crippen LogP contribution in [0, 0.1) is 0 Å². The molecular weight excluding hydrogens is 901 g/mol. The average molecular weight is 947 g/mol. The second-order valence-electron chi connectivity index (χ2n) is 21.9. The van der Waals surface area contributed by atoms with Gasteiger partial charge in [-0.05, 0) is 102 Å². The predicted octanol–water partition coefficient (Wildman–Crippen LogP) is 20.1. The highest BCUT2D eigenvalue weighted by Crippen LogP contribution is 2.60. The van der Waals surface area contributed by atoms with E-state index in [4.69, 9.17) is 8.83 Å². The normalized spacial score (nSPS) is 14.9. The monoisotopic (exact) mass is 946 g/mol. The standard InChI is InChI=1S/C70H46N2O2/c1-69(2)53-23-9-11-25-59(53)71(63-55(69)35-31-49-47-29-27-39-15-5-7-17-41(39)65(47)73-67(49)63)57-37-33-45-44-20-14-22-52-58(38-34-46(62(44)52)43-19-13-21-51(57)61(43)45)72-60-26-12-10-24-54(60)70(3,4)56-36-32-50-48-30-28-40-16-6-8-18-42(40)66(48)74-68(50)64(56)72/h5-38H,1-4H3. The summed E-state index contributed by atoms with van der Waals surface area (Å²) in [4.78, 5) is 5.03. The highest BCUT2D eigenvalue weighted by atomic mass is 16.3. The summed E-state index contributed by atoms with van der Waals surface area (Å²) in [5, 5.41) is 19.0. The molecule has 0 N–H and O–H groups in total. The molecule has 74 heavy (non-hydrogen) atoms. The second kappa shape index (κ2) is 13.9. The van der Waals surface area contributed by atoms with Gasteiger partial charge in [0, 0.05) is 53.9 Å². The van der Waals surface area contributed by atoms with Crippen LogP contribution in [0.15, 0.2) is 215 Å². The van der Waals surface area contributed by atoms with Gasteiger partial charge in [-0.15, -0.1) is 0 Å². The topological polar surface area (TPSA) is 32.8 Å². The van der Waals surface area contributed by atoms with Crippen LogP contribution in [0.25, 0.3) is 109 Å². The van der Waals surface area contributed by atoms with Crippen molar-refractivity contribution in [3.63, 3.8) is 0 Å². The van der Waals surface area contributed by atoms with Crippen molar-refractivity contribution < 1.29 is 8.83 Å². The van der Waals surface area contributed by atoms with Crippen molar-refractivity contribution in [3.8, 4) is 0 Å². The maximum atomic E-state index is 7.22. The summed E-state index contributed by atoms with van der Waals surface area (Å²) in [5.74, 6) is 0. The summed E-state index contributed by atoms with van der Waals surface area (Å²) in [6, 6.07) is 76.6. The van der Waals surface area contributed by atoms with Crippen molar-refractivity contribution in [2.45, 2.75) is 38.5 Å². The van der Waals surface area contributed by atoms with Crippen molar-refractivity contribution in [2.75, 3.05) is 9.80 Å². The molecule has 4 heteroatoms. The lowest BCUT2D eigenvalue weighted by molar-refractivity contribution is 0.624. The molecule has 348 valence electrons. The molecule has 0 atom stereocenters. The van der Waals surface area contributed by atoms with Crippen LogP contribution in [-0.2, 0) is 10.8 Å². The third kappa shape index (κ3) is 4.94. The fourth-order valence-electron chi connectivity index (χ4n) is 14.1. The van der Waals surface area contributed by atoms with Gasteiger partial charge in [0.15, 0.2) is 11.2 Å². The van der Waals surface area contributed by atoms with E-state index in [-0.39, 0.29) is 10.8 Å². The third-order valence-corrected chi connectivity index (χ3v) is 17.5. The van der Waals surface area contributed by atoms with Crippen LogP contribution < -0.4 is 9.80 Å². The maximum absolute atomic E-state index is 7.22. The molecule has 0 fully saturated rings. The first kappa shape index (κ1) is 40.5. The molecule has 2 aliphatic rings. The molecule has 0 aliphatic carbocycles. The first-order valence-electron chi connectivity index (χ1n) is 25.9. The Kier molecular flexibility index (Phi) is 7.59. The highest BCUT2D eigenvalue weighted by Gasteiger charge is 2.42. The molecule has 0 saturated heterocycles. The van der Waals surface area contributed by atoms with Gasteiger partial charge in [0.05, 0.1) is 34.1 Å². The molecule has 15 aromatic rings. The molecule has 17 rings (SSSR count). The summed E-state index contributed by atoms with van der Waals surface area (Å²) in [5.41, 5.74) is 15.0. The summed E-state index contributed by atoms with van der Waals surface area (Å²) in [6.07, 6.45) is 0. The van der Waals surface area contributed by atoms with Gasteiger partial charge in [-0.1, -0.05) is 198 Å². The smallest absolute Gasteiger partial charge is 0.159 e. The first-order chi connectivity index (χ1) is 36.3. The minimum Gasteiger partial charge on any atom is -0.453 e. The Morgan fingerprint density at radius 2 is 0.608 bits per heavy atom. The summed E-state index contributed by atoms with van der Waals surface area (Å²) in [7, 11) is 0. The SMILES string of the molecule is CC1(C)c2ccccc2N(c2ccc3c4cccc5c(N6c7ccccc7C(C)(C)c7ccc8c(oc9c%10ccccc%10ccc89)c76)ccc(c6cccc2c63)c54)c2c1ccc1c2oc2c3ccccc3ccc12. The van der Waals surface area contributed by atoms with Crippen molar-refractivity contribution in [3.05, 3.63) is 229 Å². The fourth-order valence-corrected chi connectivity index (χ4v) is 14.1. The molecule has 0 radical (unpaired) electrons. The lowest BCUT2D eigenvalue weighted by Crippen LogP contribution is -2.30. The summed E-state index contributed by atoms with van der Waals surface area (Å²) >= 11 is 0. The number of nitrogens with zero attached hydrogens (tertiary/aromatic N) is 2. The van der Waals surface area contributed by atoms with Gasteiger partial charge >= 0.3 is 0 Å². The molecule has 4 nitrogen and oxygen atoms in total. The number of fused-ring (bicyclic) bond motifs is 18. The van der Waals surface area contributed by atoms with Crippen molar-refractivity contribution >= 4 is 143 Å². The van der Waals surface area contributed by atoms with E-state index in [1.165, 1.54) is 87.5 Å². The van der Waals surface area contributed by atoms with Crippen LogP contribution in [0.2, 0.25) is 0 Å². The lowest BCUT2D eigenvalue weighted by atomic mass is 9.73. The van der Waals surface area contributed by atoms with E-state index in [2.05, 4.69) is 244 Å². The molecule has 0 amide bonds. The van der Waals surface area contributed by atoms with Gasteiger partial charge in [-0.25, -0.2) is 0 Å². The Morgan fingerprint density at radius 3 is 1.08 bits per heavy atom. The Morgan fingerprint density at radius 1 is 0.257 bits per heavy atom. The van der Waals surface area contributed by atoms with Crippen LogP contribution in [0.1, 0.15) is 49.9 Å². The second-order valence-corrected chi connectivity index (χ2v) is 21.9. The van der Waals surface area contributed by atoms with Gasteiger partial charge in [-0.2, -0.15) is 0 Å². The van der Waals surface area contributed by atoms with Gasteiger partial charge in [0.2, 0.25) is 0 Å². The van der Waals surface area contributed by atoms with Crippen LogP contribution in [0.5, 0.6) is 0 Å². The van der Waals surface area contributed by atoms with Crippen LogP contribution in [0.4, 0.5) is 34.1 Å². The van der Waals surface area contributed by atoms with Gasteiger partial charge < -0.3 is 18.6 Å². The van der Waals surface area contributed by atoms with E-state index in [1.54, 1.807) is 0 Å². The van der Waals surface area contributed by atoms with Gasteiger partial charge in [0.1, 0.15) is 11.2 Å². The molecule has 0 spiro atoms. The van der Waals surface area contributed by atoms with Crippen molar-refractivity contribution in [1.29, 1.82) is 0 Å². The quantitative estimate of drug-likeness (QED) is 0.128. The van der Waals surface area contributed by atoms with Crippen molar-refractivity contribution in [2.24, 2.45) is 0 Å². The number of furan rings is 2. The van der Waals surface area contributed by atoms with E-state index < -0.39 is 0 Å². The predicted molar refractivity (Wildman–Crippen MR) is 311 cm³/mol. The Hall–Kier alpha value is -9.12. The van der Waals surface area contributed by atoms with Crippen LogP contribution in [0.3, 0.4) is 0 Å². The van der Waals surface area contributed by atoms with Crippen LogP contribution >= 0.6 is 0 Å². The fraction of sp³-hybridized carbons (Fsp3) is 0.0857. The van der Waals surface area contributed by atoms with E-state index in [1.807, 2.05) is 0 Å². The largest absolute Gasteiger partial charge is 0.453 e. The summed E-state index contributed by atoms with van der Waals surface area (Å²) in [6.45, 7) is 9.44. The van der Waals surface area contributed by atoms with Gasteiger partial charge in [-0.3, -0.25) is 0 Å². The summed E-state index contributed by atoms with van der Waals surface area (Å²) < 4.78 is 14.4. The number of hydrogen-bond donors (Lipinski definition) is 0. The minimum atomic E-state index is -0.286. The number of rotatable bonds is 2. The minimum absolute atomic E-state index is 0.286. The lowest BCUT2D eigenvalue weighted by Gasteiger charge is -2.42. The molecule has 0 unspecified atom stereocenters. The van der Waals surface area contributed by atoms with Crippen LogP contribution in [-0.4, -0.2) is 0 Å². The molecule has 4 heterocycles. The number of para-hydroxylation sites is 2. The molecule has 0 bridgehead atoms. The molecule has 2 aliphatic heterocycles. The Bertz CT molecular complexity index is 4660. The number of anilines is 6. The Balaban J connectivity index is 0.930.